The first kappa shape index (κ1) is 14.2. The van der Waals surface area contributed by atoms with Crippen molar-refractivity contribution in [2.24, 2.45) is 5.73 Å². The molecule has 20 heavy (non-hydrogen) atoms. The molecule has 1 aromatic carbocycles. The molecule has 1 aromatic rings. The van der Waals surface area contributed by atoms with Gasteiger partial charge >= 0.3 is 12.2 Å². The molecule has 1 aliphatic rings. The molecular weight excluding hydrogens is 260 g/mol. The van der Waals surface area contributed by atoms with Crippen LogP contribution in [0.3, 0.4) is 0 Å². The van der Waals surface area contributed by atoms with E-state index < -0.39 is 12.2 Å². The molecule has 2 N–H and O–H groups in total. The predicted octanol–water partition coefficient (Wildman–Crippen LogP) is 2.83. The fourth-order valence-electron chi connectivity index (χ4n) is 2.31. The Kier molecular flexibility index (Phi) is 4.81. The zero-order valence-corrected chi connectivity index (χ0v) is 11.2. The van der Waals surface area contributed by atoms with Crippen LogP contribution in [0.4, 0.5) is 9.59 Å². The van der Waals surface area contributed by atoms with Gasteiger partial charge in [-0.3, -0.25) is 0 Å². The molecule has 2 amide bonds. The van der Waals surface area contributed by atoms with Gasteiger partial charge in [0.05, 0.1) is 6.04 Å². The highest BCUT2D eigenvalue weighted by molar-refractivity contribution is 5.73. The average Bonchev–Trinajstić information content (AvgIpc) is 2.46. The Hall–Kier alpha value is -2.24. The molecule has 0 heterocycles. The van der Waals surface area contributed by atoms with Crippen molar-refractivity contribution < 1.29 is 19.2 Å². The Labute approximate surface area is 117 Å². The van der Waals surface area contributed by atoms with Gasteiger partial charge in [0.2, 0.25) is 0 Å². The van der Waals surface area contributed by atoms with E-state index in [0.717, 1.165) is 37.2 Å². The van der Waals surface area contributed by atoms with Crippen LogP contribution in [0.5, 0.6) is 5.75 Å². The van der Waals surface area contributed by atoms with Crippen LogP contribution in [0.1, 0.15) is 32.1 Å². The van der Waals surface area contributed by atoms with E-state index in [1.807, 2.05) is 6.07 Å². The number of hydroxylamine groups is 2. The fraction of sp³-hybridized carbons (Fsp3) is 0.429. The third kappa shape index (κ3) is 3.88. The second-order valence-corrected chi connectivity index (χ2v) is 4.71. The van der Waals surface area contributed by atoms with Gasteiger partial charge in [0.15, 0.2) is 0 Å². The van der Waals surface area contributed by atoms with Crippen molar-refractivity contribution in [3.63, 3.8) is 0 Å². The largest absolute Gasteiger partial charge is 0.449 e. The highest BCUT2D eigenvalue weighted by Crippen LogP contribution is 2.24. The van der Waals surface area contributed by atoms with Crippen LogP contribution in [-0.4, -0.2) is 23.3 Å². The van der Waals surface area contributed by atoms with E-state index >= 15 is 0 Å². The molecular formula is C14H18N2O4. The minimum atomic E-state index is -1.01. The molecule has 1 aliphatic carbocycles. The van der Waals surface area contributed by atoms with Gasteiger partial charge in [-0.2, -0.15) is 0 Å². The SMILES string of the molecule is NC(=O)ON(C(=O)Oc1ccccc1)C1CCCCC1. The average molecular weight is 278 g/mol. The summed E-state index contributed by atoms with van der Waals surface area (Å²) in [5.74, 6) is 0.395. The molecule has 0 aromatic heterocycles. The van der Waals surface area contributed by atoms with Gasteiger partial charge in [0, 0.05) is 0 Å². The summed E-state index contributed by atoms with van der Waals surface area (Å²) < 4.78 is 5.18. The van der Waals surface area contributed by atoms with Crippen molar-refractivity contribution in [3.8, 4) is 5.75 Å². The first-order valence-electron chi connectivity index (χ1n) is 6.70. The van der Waals surface area contributed by atoms with Gasteiger partial charge in [-0.05, 0) is 25.0 Å². The van der Waals surface area contributed by atoms with E-state index in [1.54, 1.807) is 24.3 Å². The zero-order valence-electron chi connectivity index (χ0n) is 11.2. The molecule has 108 valence electrons. The summed E-state index contributed by atoms with van der Waals surface area (Å²) >= 11 is 0. The van der Waals surface area contributed by atoms with Crippen LogP contribution in [0, 0.1) is 0 Å². The van der Waals surface area contributed by atoms with Crippen molar-refractivity contribution in [3.05, 3.63) is 30.3 Å². The lowest BCUT2D eigenvalue weighted by atomic mass is 9.95. The first-order valence-corrected chi connectivity index (χ1v) is 6.70. The Morgan fingerprint density at radius 1 is 1.10 bits per heavy atom. The smallest absolute Gasteiger partial charge is 0.408 e. The topological polar surface area (TPSA) is 81.9 Å². The number of nitrogens with zero attached hydrogens (tertiary/aromatic N) is 1. The summed E-state index contributed by atoms with van der Waals surface area (Å²) in [4.78, 5) is 27.9. The number of amides is 2. The third-order valence-corrected chi connectivity index (χ3v) is 3.22. The summed E-state index contributed by atoms with van der Waals surface area (Å²) in [7, 11) is 0. The van der Waals surface area contributed by atoms with E-state index in [0.29, 0.717) is 5.75 Å². The van der Waals surface area contributed by atoms with Crippen molar-refractivity contribution >= 4 is 12.2 Å². The Morgan fingerprint density at radius 2 is 1.75 bits per heavy atom. The molecule has 1 fully saturated rings. The number of rotatable bonds is 2. The summed E-state index contributed by atoms with van der Waals surface area (Å²) in [6.07, 6.45) is 2.91. The molecule has 0 bridgehead atoms. The molecule has 1 saturated carbocycles. The van der Waals surface area contributed by atoms with E-state index in [1.165, 1.54) is 0 Å². The molecule has 0 unspecified atom stereocenters. The molecule has 6 heteroatoms. The zero-order chi connectivity index (χ0) is 14.4. The van der Waals surface area contributed by atoms with Gasteiger partial charge in [-0.25, -0.2) is 9.59 Å². The molecule has 2 rings (SSSR count). The van der Waals surface area contributed by atoms with Gasteiger partial charge in [0.25, 0.3) is 0 Å². The summed E-state index contributed by atoms with van der Waals surface area (Å²) in [6.45, 7) is 0. The van der Waals surface area contributed by atoms with E-state index in [2.05, 4.69) is 0 Å². The van der Waals surface area contributed by atoms with Crippen LogP contribution in [-0.2, 0) is 4.84 Å². The fourth-order valence-corrected chi connectivity index (χ4v) is 2.31. The number of carbonyl (C=O) groups excluding carboxylic acids is 2. The number of primary amides is 1. The van der Waals surface area contributed by atoms with Gasteiger partial charge < -0.3 is 15.3 Å². The summed E-state index contributed by atoms with van der Waals surface area (Å²) in [6, 6.07) is 8.45. The minimum absolute atomic E-state index is 0.174. The second-order valence-electron chi connectivity index (χ2n) is 4.71. The molecule has 0 radical (unpaired) electrons. The Balaban J connectivity index is 2.05. The van der Waals surface area contributed by atoms with E-state index in [4.69, 9.17) is 15.3 Å². The summed E-state index contributed by atoms with van der Waals surface area (Å²) in [5.41, 5.74) is 5.02. The number of para-hydroxylation sites is 1. The highest BCUT2D eigenvalue weighted by atomic mass is 16.8. The number of hydrogen-bond donors (Lipinski definition) is 1. The third-order valence-electron chi connectivity index (χ3n) is 3.22. The lowest BCUT2D eigenvalue weighted by molar-refractivity contribution is -0.105. The number of ether oxygens (including phenoxy) is 1. The van der Waals surface area contributed by atoms with Crippen LogP contribution < -0.4 is 10.5 Å². The van der Waals surface area contributed by atoms with Crippen LogP contribution in [0.2, 0.25) is 0 Å². The lowest BCUT2D eigenvalue weighted by Crippen LogP contribution is -2.45. The molecule has 0 atom stereocenters. The standard InChI is InChI=1S/C14H18N2O4/c15-13(17)20-16(11-7-3-1-4-8-11)14(18)19-12-9-5-2-6-10-12/h2,5-6,9-11H,1,3-4,7-8H2,(H2,15,17). The quantitative estimate of drug-likeness (QED) is 0.843. The maximum atomic E-state index is 12.1. The molecule has 6 nitrogen and oxygen atoms in total. The maximum absolute atomic E-state index is 12.1. The number of nitrogens with two attached hydrogens (primary N) is 1. The van der Waals surface area contributed by atoms with E-state index in [-0.39, 0.29) is 6.04 Å². The Morgan fingerprint density at radius 3 is 2.35 bits per heavy atom. The van der Waals surface area contributed by atoms with Crippen molar-refractivity contribution in [2.45, 2.75) is 38.1 Å². The number of hydrogen-bond acceptors (Lipinski definition) is 4. The van der Waals surface area contributed by atoms with Crippen molar-refractivity contribution in [2.75, 3.05) is 0 Å². The van der Waals surface area contributed by atoms with Crippen molar-refractivity contribution in [1.29, 1.82) is 0 Å². The van der Waals surface area contributed by atoms with Gasteiger partial charge in [-0.1, -0.05) is 37.5 Å². The van der Waals surface area contributed by atoms with Crippen molar-refractivity contribution in [1.82, 2.24) is 5.06 Å². The van der Waals surface area contributed by atoms with Gasteiger partial charge in [-0.15, -0.1) is 5.06 Å². The minimum Gasteiger partial charge on any atom is -0.408 e. The van der Waals surface area contributed by atoms with Crippen LogP contribution in [0.25, 0.3) is 0 Å². The van der Waals surface area contributed by atoms with Crippen LogP contribution in [0.15, 0.2) is 30.3 Å². The number of carbonyl (C=O) groups is 2. The second kappa shape index (κ2) is 6.79. The molecule has 0 spiro atoms. The van der Waals surface area contributed by atoms with E-state index in [9.17, 15) is 9.59 Å². The Bertz CT molecular complexity index is 458. The first-order chi connectivity index (χ1) is 9.66. The van der Waals surface area contributed by atoms with Gasteiger partial charge in [0.1, 0.15) is 5.75 Å². The normalized spacial score (nSPS) is 15.4. The summed E-state index contributed by atoms with van der Waals surface area (Å²) in [5, 5.41) is 0.967. The lowest BCUT2D eigenvalue weighted by Gasteiger charge is -2.30. The monoisotopic (exact) mass is 278 g/mol. The maximum Gasteiger partial charge on any atom is 0.449 e. The molecule has 0 saturated heterocycles. The number of benzene rings is 1. The van der Waals surface area contributed by atoms with Crippen LogP contribution >= 0.6 is 0 Å². The predicted molar refractivity (Wildman–Crippen MR) is 71.8 cm³/mol. The highest BCUT2D eigenvalue weighted by Gasteiger charge is 2.30. The molecule has 0 aliphatic heterocycles.